The first-order chi connectivity index (χ1) is 5.61. The number of fused-ring (bicyclic) bond motifs is 1. The summed E-state index contributed by atoms with van der Waals surface area (Å²) in [4.78, 5) is 11.1. The van der Waals surface area contributed by atoms with E-state index in [2.05, 4.69) is 0 Å². The first-order valence-corrected chi connectivity index (χ1v) is 4.76. The summed E-state index contributed by atoms with van der Waals surface area (Å²) in [6, 6.07) is 6.09. The highest BCUT2D eigenvalue weighted by Gasteiger charge is 2.31. The molecule has 0 saturated carbocycles. The van der Waals surface area contributed by atoms with Crippen LogP contribution in [0.4, 0.5) is 0 Å². The van der Waals surface area contributed by atoms with E-state index in [1.807, 2.05) is 4.72 Å². The van der Waals surface area contributed by atoms with E-state index in [0.717, 1.165) is 0 Å². The van der Waals surface area contributed by atoms with Crippen molar-refractivity contribution in [2.75, 3.05) is 0 Å². The third-order valence-corrected chi connectivity index (χ3v) is 3.04. The van der Waals surface area contributed by atoms with Crippen molar-refractivity contribution in [2.24, 2.45) is 0 Å². The zero-order valence-electron chi connectivity index (χ0n) is 5.94. The minimum atomic E-state index is -3.55. The van der Waals surface area contributed by atoms with Gasteiger partial charge in [-0.25, -0.2) is 13.1 Å². The Morgan fingerprint density at radius 1 is 1.17 bits per heavy atom. The number of hydrogen-bond donors (Lipinski definition) is 1. The summed E-state index contributed by atoms with van der Waals surface area (Å²) in [5, 5.41) is 0. The van der Waals surface area contributed by atoms with Crippen LogP contribution >= 0.6 is 0 Å². The van der Waals surface area contributed by atoms with E-state index < -0.39 is 15.9 Å². The first kappa shape index (κ1) is 7.30. The van der Waals surface area contributed by atoms with Crippen molar-refractivity contribution in [1.29, 1.82) is 0 Å². The average Bonchev–Trinajstić information content (AvgIpc) is 2.25. The Bertz CT molecular complexity index is 449. The van der Waals surface area contributed by atoms with Crippen LogP contribution in [0.25, 0.3) is 0 Å². The fourth-order valence-electron chi connectivity index (χ4n) is 1.12. The molecular formula is C7H5NO3S. The van der Waals surface area contributed by atoms with Gasteiger partial charge in [-0.15, -0.1) is 0 Å². The zero-order chi connectivity index (χ0) is 8.77. The van der Waals surface area contributed by atoms with Gasteiger partial charge in [-0.1, -0.05) is 12.1 Å². The van der Waals surface area contributed by atoms with E-state index in [1.54, 1.807) is 12.1 Å². The van der Waals surface area contributed by atoms with Crippen molar-refractivity contribution < 1.29 is 13.2 Å². The predicted molar refractivity (Wildman–Crippen MR) is 41.1 cm³/mol. The summed E-state index contributed by atoms with van der Waals surface area (Å²) in [5.74, 6) is -0.550. The maximum atomic E-state index is 11.1. The maximum absolute atomic E-state index is 11.1. The fourth-order valence-corrected chi connectivity index (χ4v) is 2.29. The van der Waals surface area contributed by atoms with Crippen molar-refractivity contribution in [3.63, 3.8) is 0 Å². The lowest BCUT2D eigenvalue weighted by atomic mass is 10.7. The summed E-state index contributed by atoms with van der Waals surface area (Å²) in [5.41, 5.74) is 0.220. The van der Waals surface area contributed by atoms with Crippen molar-refractivity contribution in [1.82, 2.24) is 4.72 Å². The summed E-state index contributed by atoms with van der Waals surface area (Å²) >= 11 is 0. The quantitative estimate of drug-likeness (QED) is 0.589. The Kier molecular flexibility index (Phi) is 1.26. The first-order valence-electron chi connectivity index (χ1n) is 3.27. The molecular weight excluding hydrogens is 184 g/mol. The van der Waals surface area contributed by atoms with Crippen molar-refractivity contribution in [3.05, 3.63) is 29.8 Å². The number of rotatable bonds is 0. The van der Waals surface area contributed by atoms with Gasteiger partial charge in [0.1, 0.15) is 4.90 Å². The summed E-state index contributed by atoms with van der Waals surface area (Å²) in [6.45, 7) is 0. The molecule has 1 aliphatic heterocycles. The summed E-state index contributed by atoms with van der Waals surface area (Å²) in [6.07, 6.45) is 0. The normalized spacial score (nSPS) is 18.5. The Balaban J connectivity index is 2.83. The Morgan fingerprint density at radius 2 is 1.83 bits per heavy atom. The van der Waals surface area contributed by atoms with Gasteiger partial charge in [-0.3, -0.25) is 4.79 Å². The molecule has 1 aliphatic rings. The molecule has 0 fully saturated rings. The van der Waals surface area contributed by atoms with Crippen LogP contribution in [-0.2, 0) is 10.0 Å². The molecule has 1 amide bonds. The SMILES string of the molecule is O=[13C]1NS(=O)(=O)[13c]2[13cH][13cH][13cH][13cH]c21. The average molecular weight is 189 g/mol. The summed E-state index contributed by atoms with van der Waals surface area (Å²) in [7, 11) is -3.55. The van der Waals surface area contributed by atoms with E-state index in [9.17, 15) is 13.2 Å². The van der Waals surface area contributed by atoms with Crippen LogP contribution in [0.2, 0.25) is 0 Å². The van der Waals surface area contributed by atoms with Crippen LogP contribution in [0.1, 0.15) is 10.4 Å². The fraction of sp³-hybridized carbons (Fsp3) is 0. The minimum Gasteiger partial charge on any atom is -0.268 e. The van der Waals surface area contributed by atoms with Crippen LogP contribution < -0.4 is 4.72 Å². The molecule has 1 aromatic carbocycles. The molecule has 0 atom stereocenters. The van der Waals surface area contributed by atoms with Gasteiger partial charge in [0.15, 0.2) is 0 Å². The molecule has 62 valence electrons. The van der Waals surface area contributed by atoms with Crippen LogP contribution in [0.15, 0.2) is 29.2 Å². The number of amides is 1. The van der Waals surface area contributed by atoms with Gasteiger partial charge in [0, 0.05) is 0 Å². The molecule has 0 bridgehead atoms. The molecule has 2 rings (SSSR count). The number of nitrogens with one attached hydrogen (secondary N) is 1. The largest absolute Gasteiger partial charge is 0.268 e. The number of carbonyl (C=O) groups excluding carboxylic acids is 1. The maximum Gasteiger partial charge on any atom is 0.266 e. The molecule has 5 heteroatoms. The molecule has 0 saturated heterocycles. The van der Waals surface area contributed by atoms with Gasteiger partial charge in [-0.05, 0) is 12.1 Å². The number of carbonyl (C=O) groups is 1. The van der Waals surface area contributed by atoms with E-state index in [4.69, 9.17) is 0 Å². The van der Waals surface area contributed by atoms with Gasteiger partial charge < -0.3 is 0 Å². The topological polar surface area (TPSA) is 63.2 Å². The number of hydrogen-bond acceptors (Lipinski definition) is 3. The molecule has 1 heterocycles. The Morgan fingerprint density at radius 3 is 2.50 bits per heavy atom. The molecule has 1 N–H and O–H groups in total. The lowest BCUT2D eigenvalue weighted by Gasteiger charge is -1.91. The standard InChI is InChI=1S/C7H5NO3S/c9-7-5-3-1-2-4-6(5)12(10,11)8-7/h1-4H,(H,8,9)/i1+1,2+1,3+1,4+1,6+1,7+1. The monoisotopic (exact) mass is 189 g/mol. The highest BCUT2D eigenvalue weighted by Crippen LogP contribution is 2.20. The highest BCUT2D eigenvalue weighted by molar-refractivity contribution is 7.90. The van der Waals surface area contributed by atoms with E-state index >= 15 is 0 Å². The van der Waals surface area contributed by atoms with Crippen LogP contribution in [-0.4, -0.2) is 14.3 Å². The van der Waals surface area contributed by atoms with Gasteiger partial charge >= 0.3 is 0 Å². The second-order valence-corrected chi connectivity index (χ2v) is 4.08. The lowest BCUT2D eigenvalue weighted by Crippen LogP contribution is -2.20. The Hall–Kier alpha value is -1.36. The molecule has 0 aromatic heterocycles. The van der Waals surface area contributed by atoms with Crippen LogP contribution in [0.5, 0.6) is 0 Å². The number of sulfonamides is 1. The molecule has 0 spiro atoms. The molecule has 1 aromatic rings. The molecule has 12 heavy (non-hydrogen) atoms. The third-order valence-electron chi connectivity index (χ3n) is 1.65. The lowest BCUT2D eigenvalue weighted by molar-refractivity contribution is 0.0985. The Labute approximate surface area is 69.3 Å². The van der Waals surface area contributed by atoms with Gasteiger partial charge in [0.2, 0.25) is 0 Å². The molecule has 0 aliphatic carbocycles. The van der Waals surface area contributed by atoms with Crippen molar-refractivity contribution in [2.45, 2.75) is 4.90 Å². The van der Waals surface area contributed by atoms with Crippen LogP contribution in [0, 0.1) is 0 Å². The molecule has 0 unspecified atom stereocenters. The van der Waals surface area contributed by atoms with Crippen molar-refractivity contribution >= 4 is 15.9 Å². The second-order valence-electron chi connectivity index (χ2n) is 2.43. The highest BCUT2D eigenvalue weighted by atomic mass is 32.2. The van der Waals surface area contributed by atoms with Crippen LogP contribution in [0.3, 0.4) is 0 Å². The summed E-state index contributed by atoms with van der Waals surface area (Å²) < 4.78 is 24.2. The van der Waals surface area contributed by atoms with Gasteiger partial charge in [0.05, 0.1) is 5.56 Å². The van der Waals surface area contributed by atoms with Gasteiger partial charge in [-0.2, -0.15) is 0 Å². The van der Waals surface area contributed by atoms with Crippen molar-refractivity contribution in [3.8, 4) is 0 Å². The zero-order valence-corrected chi connectivity index (χ0v) is 6.76. The molecule has 0 radical (unpaired) electrons. The molecule has 4 nitrogen and oxygen atoms in total. The van der Waals surface area contributed by atoms with E-state index in [1.165, 1.54) is 12.1 Å². The minimum absolute atomic E-state index is 0.0648. The van der Waals surface area contributed by atoms with E-state index in [0.29, 0.717) is 0 Å². The number of benzene rings is 1. The smallest absolute Gasteiger partial charge is 0.266 e. The second kappa shape index (κ2) is 2.07. The third kappa shape index (κ3) is 0.831. The van der Waals surface area contributed by atoms with E-state index in [-0.39, 0.29) is 10.5 Å². The van der Waals surface area contributed by atoms with Gasteiger partial charge in [0.25, 0.3) is 15.9 Å². The predicted octanol–water partition coefficient (Wildman–Crippen LogP) is 0.119.